The van der Waals surface area contributed by atoms with Crippen molar-refractivity contribution in [2.24, 2.45) is 5.92 Å². The van der Waals surface area contributed by atoms with Gasteiger partial charge in [0.25, 0.3) is 0 Å². The molecule has 1 aliphatic carbocycles. The van der Waals surface area contributed by atoms with Crippen LogP contribution in [0.25, 0.3) is 0 Å². The van der Waals surface area contributed by atoms with Crippen LogP contribution in [0.5, 0.6) is 0 Å². The Labute approximate surface area is 181 Å². The summed E-state index contributed by atoms with van der Waals surface area (Å²) in [7, 11) is 0. The van der Waals surface area contributed by atoms with Gasteiger partial charge in [-0.2, -0.15) is 0 Å². The fourth-order valence-corrected chi connectivity index (χ4v) is 4.23. The SMILES string of the molecule is O=C(Nc1ccc(Cl)c(Cl)c1)N1CCN(C(=O)[C@H]2CN(CC3CC3)CCN2)CC1. The number of anilines is 1. The maximum Gasteiger partial charge on any atom is 0.321 e. The van der Waals surface area contributed by atoms with Crippen LogP contribution in [0.1, 0.15) is 12.8 Å². The molecule has 2 saturated heterocycles. The van der Waals surface area contributed by atoms with Gasteiger partial charge in [0.15, 0.2) is 0 Å². The standard InChI is InChI=1S/C20H27Cl2N5O2/c21-16-4-3-15(11-17(16)22)24-20(29)27-9-7-26(8-10-27)19(28)18-13-25(6-5-23-18)12-14-1-2-14/h3-4,11,14,18,23H,1-2,5-10,12-13H2,(H,24,29)/t18-/m1/s1. The van der Waals surface area contributed by atoms with Crippen molar-refractivity contribution in [2.75, 3.05) is 57.7 Å². The van der Waals surface area contributed by atoms with Gasteiger partial charge in [0.05, 0.1) is 16.1 Å². The number of nitrogens with zero attached hydrogens (tertiary/aromatic N) is 3. The van der Waals surface area contributed by atoms with Crippen LogP contribution in [0, 0.1) is 5.92 Å². The molecule has 0 unspecified atom stereocenters. The van der Waals surface area contributed by atoms with Crippen molar-refractivity contribution < 1.29 is 9.59 Å². The van der Waals surface area contributed by atoms with Gasteiger partial charge in [0.2, 0.25) is 5.91 Å². The zero-order valence-electron chi connectivity index (χ0n) is 16.4. The highest BCUT2D eigenvalue weighted by Crippen LogP contribution is 2.30. The number of piperazine rings is 2. The lowest BCUT2D eigenvalue weighted by atomic mass is 10.1. The third-order valence-corrected chi connectivity index (χ3v) is 6.56. The number of carbonyl (C=O) groups is 2. The number of rotatable bonds is 4. The van der Waals surface area contributed by atoms with Gasteiger partial charge in [-0.25, -0.2) is 4.79 Å². The van der Waals surface area contributed by atoms with Crippen molar-refractivity contribution in [1.82, 2.24) is 20.0 Å². The molecular weight excluding hydrogens is 413 g/mol. The smallest absolute Gasteiger partial charge is 0.321 e. The Balaban J connectivity index is 1.25. The molecule has 2 N–H and O–H groups in total. The zero-order valence-corrected chi connectivity index (χ0v) is 17.9. The maximum atomic E-state index is 12.9. The third-order valence-electron chi connectivity index (χ3n) is 5.82. The van der Waals surface area contributed by atoms with E-state index in [1.165, 1.54) is 12.8 Å². The van der Waals surface area contributed by atoms with Crippen LogP contribution in [0.3, 0.4) is 0 Å². The fraction of sp³-hybridized carbons (Fsp3) is 0.600. The van der Waals surface area contributed by atoms with Gasteiger partial charge in [0.1, 0.15) is 0 Å². The Hall–Kier alpha value is -1.54. The predicted octanol–water partition coefficient (Wildman–Crippen LogP) is 2.35. The minimum Gasteiger partial charge on any atom is -0.338 e. The fourth-order valence-electron chi connectivity index (χ4n) is 3.93. The molecule has 9 heteroatoms. The molecule has 158 valence electrons. The van der Waals surface area contributed by atoms with Crippen molar-refractivity contribution in [2.45, 2.75) is 18.9 Å². The Morgan fingerprint density at radius 1 is 1.03 bits per heavy atom. The highest BCUT2D eigenvalue weighted by atomic mass is 35.5. The van der Waals surface area contributed by atoms with Gasteiger partial charge in [-0.3, -0.25) is 9.69 Å². The molecule has 29 heavy (non-hydrogen) atoms. The molecule has 4 rings (SSSR count). The van der Waals surface area contributed by atoms with E-state index in [-0.39, 0.29) is 18.0 Å². The number of hydrogen-bond donors (Lipinski definition) is 2. The Morgan fingerprint density at radius 3 is 2.45 bits per heavy atom. The van der Waals surface area contributed by atoms with Gasteiger partial charge in [0, 0.05) is 58.0 Å². The zero-order chi connectivity index (χ0) is 20.4. The Morgan fingerprint density at radius 2 is 1.76 bits per heavy atom. The molecule has 1 saturated carbocycles. The summed E-state index contributed by atoms with van der Waals surface area (Å²) < 4.78 is 0. The molecule has 1 aromatic carbocycles. The van der Waals surface area contributed by atoms with Crippen LogP contribution in [0.4, 0.5) is 10.5 Å². The number of hydrogen-bond acceptors (Lipinski definition) is 4. The summed E-state index contributed by atoms with van der Waals surface area (Å²) in [5, 5.41) is 7.05. The van der Waals surface area contributed by atoms with Gasteiger partial charge in [-0.15, -0.1) is 0 Å². The quantitative estimate of drug-likeness (QED) is 0.755. The van der Waals surface area contributed by atoms with E-state index < -0.39 is 0 Å². The first-order valence-corrected chi connectivity index (χ1v) is 11.0. The maximum absolute atomic E-state index is 12.9. The monoisotopic (exact) mass is 439 g/mol. The van der Waals surface area contributed by atoms with E-state index in [1.807, 2.05) is 4.90 Å². The summed E-state index contributed by atoms with van der Waals surface area (Å²) in [6.07, 6.45) is 2.66. The van der Waals surface area contributed by atoms with Gasteiger partial charge in [-0.05, 0) is 37.0 Å². The number of carbonyl (C=O) groups excluding carboxylic acids is 2. The van der Waals surface area contributed by atoms with E-state index in [0.29, 0.717) is 41.9 Å². The van der Waals surface area contributed by atoms with Crippen LogP contribution in [0.2, 0.25) is 10.0 Å². The summed E-state index contributed by atoms with van der Waals surface area (Å²) in [4.78, 5) is 31.5. The molecule has 3 amide bonds. The summed E-state index contributed by atoms with van der Waals surface area (Å²) in [6, 6.07) is 4.67. The van der Waals surface area contributed by atoms with Gasteiger partial charge < -0.3 is 20.4 Å². The first-order valence-electron chi connectivity index (χ1n) is 10.2. The minimum atomic E-state index is -0.193. The molecule has 1 atom stereocenters. The van der Waals surface area contributed by atoms with E-state index in [2.05, 4.69) is 15.5 Å². The molecule has 3 fully saturated rings. The lowest BCUT2D eigenvalue weighted by molar-refractivity contribution is -0.136. The topological polar surface area (TPSA) is 67.9 Å². The minimum absolute atomic E-state index is 0.140. The van der Waals surface area contributed by atoms with Crippen molar-refractivity contribution in [3.63, 3.8) is 0 Å². The normalized spacial score (nSPS) is 23.2. The first-order chi connectivity index (χ1) is 14.0. The van der Waals surface area contributed by atoms with Crippen LogP contribution < -0.4 is 10.6 Å². The molecule has 2 heterocycles. The van der Waals surface area contributed by atoms with Crippen molar-refractivity contribution in [1.29, 1.82) is 0 Å². The predicted molar refractivity (Wildman–Crippen MR) is 115 cm³/mol. The van der Waals surface area contributed by atoms with Gasteiger partial charge in [-0.1, -0.05) is 23.2 Å². The summed E-state index contributed by atoms with van der Waals surface area (Å²) in [5.74, 6) is 0.983. The van der Waals surface area contributed by atoms with Crippen LogP contribution >= 0.6 is 23.2 Å². The van der Waals surface area contributed by atoms with Crippen molar-refractivity contribution >= 4 is 40.8 Å². The van der Waals surface area contributed by atoms with E-state index >= 15 is 0 Å². The number of halogens is 2. The molecule has 2 aliphatic heterocycles. The lowest BCUT2D eigenvalue weighted by Crippen LogP contribution is -2.61. The Bertz CT molecular complexity index is 765. The molecule has 0 bridgehead atoms. The number of benzene rings is 1. The van der Waals surface area contributed by atoms with Crippen LogP contribution in [0.15, 0.2) is 18.2 Å². The Kier molecular flexibility index (Phi) is 6.49. The number of nitrogens with one attached hydrogen (secondary N) is 2. The lowest BCUT2D eigenvalue weighted by Gasteiger charge is -2.39. The van der Waals surface area contributed by atoms with E-state index in [4.69, 9.17) is 23.2 Å². The molecule has 3 aliphatic rings. The largest absolute Gasteiger partial charge is 0.338 e. The molecular formula is C20H27Cl2N5O2. The highest BCUT2D eigenvalue weighted by molar-refractivity contribution is 6.42. The highest BCUT2D eigenvalue weighted by Gasteiger charge is 2.33. The first kappa shape index (κ1) is 20.7. The summed E-state index contributed by atoms with van der Waals surface area (Å²) >= 11 is 11.9. The average Bonchev–Trinajstić information content (AvgIpc) is 3.54. The molecule has 7 nitrogen and oxygen atoms in total. The molecule has 0 spiro atoms. The summed E-state index contributed by atoms with van der Waals surface area (Å²) in [6.45, 7) is 5.90. The van der Waals surface area contributed by atoms with Crippen molar-refractivity contribution in [3.05, 3.63) is 28.2 Å². The number of urea groups is 1. The van der Waals surface area contributed by atoms with Gasteiger partial charge >= 0.3 is 6.03 Å². The van der Waals surface area contributed by atoms with Crippen LogP contribution in [-0.2, 0) is 4.79 Å². The molecule has 1 aromatic rings. The second-order valence-electron chi connectivity index (χ2n) is 8.08. The second-order valence-corrected chi connectivity index (χ2v) is 8.90. The van der Waals surface area contributed by atoms with Crippen LogP contribution in [-0.4, -0.2) is 85.0 Å². The summed E-state index contributed by atoms with van der Waals surface area (Å²) in [5.41, 5.74) is 0.602. The molecule has 0 aromatic heterocycles. The second kappa shape index (κ2) is 9.08. The molecule has 0 radical (unpaired) electrons. The van der Waals surface area contributed by atoms with E-state index in [9.17, 15) is 9.59 Å². The number of amides is 3. The third kappa shape index (κ3) is 5.34. The average molecular weight is 440 g/mol. The van der Waals surface area contributed by atoms with E-state index in [0.717, 1.165) is 32.1 Å². The van der Waals surface area contributed by atoms with E-state index in [1.54, 1.807) is 23.1 Å². The van der Waals surface area contributed by atoms with Crippen molar-refractivity contribution in [3.8, 4) is 0 Å².